The van der Waals surface area contributed by atoms with E-state index < -0.39 is 18.0 Å². The lowest BCUT2D eigenvalue weighted by Gasteiger charge is -2.28. The van der Waals surface area contributed by atoms with Gasteiger partial charge in [-0.25, -0.2) is 8.78 Å². The first-order chi connectivity index (χ1) is 5.49. The summed E-state index contributed by atoms with van der Waals surface area (Å²) in [5.74, 6) is -3.11. The molecule has 0 heterocycles. The van der Waals surface area contributed by atoms with Crippen LogP contribution in [0, 0.1) is 0 Å². The van der Waals surface area contributed by atoms with Gasteiger partial charge in [0.05, 0.1) is 0 Å². The minimum atomic E-state index is -2.64. The highest BCUT2D eigenvalue weighted by molar-refractivity contribution is 5.66. The average Bonchev–Trinajstić information content (AvgIpc) is 1.82. The molecule has 0 aromatic carbocycles. The SMILES string of the molecule is CC(=O)OC1CCCC(F)(F)C1. The Morgan fingerprint density at radius 2 is 2.25 bits per heavy atom. The van der Waals surface area contributed by atoms with Crippen molar-refractivity contribution in [2.24, 2.45) is 0 Å². The zero-order valence-electron chi connectivity index (χ0n) is 6.98. The number of halogens is 2. The molecule has 0 aliphatic heterocycles. The predicted molar refractivity (Wildman–Crippen MR) is 39.0 cm³/mol. The van der Waals surface area contributed by atoms with E-state index in [-0.39, 0.29) is 12.8 Å². The molecule has 4 heteroatoms. The first-order valence-electron chi connectivity index (χ1n) is 4.05. The van der Waals surface area contributed by atoms with E-state index in [2.05, 4.69) is 0 Å². The summed E-state index contributed by atoms with van der Waals surface area (Å²) in [7, 11) is 0. The van der Waals surface area contributed by atoms with Crippen molar-refractivity contribution in [3.05, 3.63) is 0 Å². The van der Waals surface area contributed by atoms with Gasteiger partial charge in [-0.2, -0.15) is 0 Å². The maximum absolute atomic E-state index is 12.7. The molecule has 12 heavy (non-hydrogen) atoms. The second kappa shape index (κ2) is 3.37. The third-order valence-corrected chi connectivity index (χ3v) is 1.93. The zero-order valence-corrected chi connectivity index (χ0v) is 6.98. The number of carbonyl (C=O) groups is 1. The maximum atomic E-state index is 12.7. The Balaban J connectivity index is 2.41. The van der Waals surface area contributed by atoms with Crippen molar-refractivity contribution in [2.45, 2.75) is 44.6 Å². The molecule has 0 spiro atoms. The molecule has 1 aliphatic carbocycles. The van der Waals surface area contributed by atoms with E-state index in [1.807, 2.05) is 0 Å². The molecule has 0 saturated heterocycles. The fourth-order valence-electron chi connectivity index (χ4n) is 1.46. The normalized spacial score (nSPS) is 28.1. The summed E-state index contributed by atoms with van der Waals surface area (Å²) in [6, 6.07) is 0. The molecule has 0 bridgehead atoms. The van der Waals surface area contributed by atoms with E-state index >= 15 is 0 Å². The summed E-state index contributed by atoms with van der Waals surface area (Å²) < 4.78 is 30.1. The minimum Gasteiger partial charge on any atom is -0.462 e. The molecule has 1 fully saturated rings. The summed E-state index contributed by atoms with van der Waals surface area (Å²) in [5, 5.41) is 0. The van der Waals surface area contributed by atoms with Crippen LogP contribution in [0.1, 0.15) is 32.6 Å². The lowest BCUT2D eigenvalue weighted by molar-refractivity contribution is -0.155. The zero-order chi connectivity index (χ0) is 9.19. The number of carbonyl (C=O) groups excluding carboxylic acids is 1. The minimum absolute atomic E-state index is 0.0786. The van der Waals surface area contributed by atoms with E-state index in [0.717, 1.165) is 0 Å². The van der Waals surface area contributed by atoms with Crippen molar-refractivity contribution < 1.29 is 18.3 Å². The topological polar surface area (TPSA) is 26.3 Å². The standard InChI is InChI=1S/C8H12F2O2/c1-6(11)12-7-3-2-4-8(9,10)5-7/h7H,2-5H2,1H3. The van der Waals surface area contributed by atoms with E-state index in [9.17, 15) is 13.6 Å². The second-order valence-electron chi connectivity index (χ2n) is 3.18. The molecule has 0 amide bonds. The van der Waals surface area contributed by atoms with Crippen molar-refractivity contribution in [2.75, 3.05) is 0 Å². The largest absolute Gasteiger partial charge is 0.462 e. The van der Waals surface area contributed by atoms with Gasteiger partial charge in [0.15, 0.2) is 0 Å². The molecule has 70 valence electrons. The van der Waals surface area contributed by atoms with Crippen molar-refractivity contribution in [3.63, 3.8) is 0 Å². The number of hydrogen-bond donors (Lipinski definition) is 0. The third kappa shape index (κ3) is 2.75. The molecule has 0 aromatic heterocycles. The van der Waals surface area contributed by atoms with E-state index in [1.54, 1.807) is 0 Å². The van der Waals surface area contributed by atoms with Crippen LogP contribution < -0.4 is 0 Å². The van der Waals surface area contributed by atoms with Crippen LogP contribution in [0.4, 0.5) is 8.78 Å². The smallest absolute Gasteiger partial charge is 0.302 e. The van der Waals surface area contributed by atoms with Gasteiger partial charge in [-0.15, -0.1) is 0 Å². The summed E-state index contributed by atoms with van der Waals surface area (Å²) in [5.41, 5.74) is 0. The van der Waals surface area contributed by atoms with Gasteiger partial charge in [0, 0.05) is 19.8 Å². The van der Waals surface area contributed by atoms with Crippen molar-refractivity contribution >= 4 is 5.97 Å². The summed E-state index contributed by atoms with van der Waals surface area (Å²) in [6.07, 6.45) is 0.0310. The quantitative estimate of drug-likeness (QED) is 0.575. The monoisotopic (exact) mass is 178 g/mol. The molecule has 0 radical (unpaired) electrons. The first kappa shape index (κ1) is 9.42. The highest BCUT2D eigenvalue weighted by Crippen LogP contribution is 2.34. The Bertz CT molecular complexity index is 180. The highest BCUT2D eigenvalue weighted by Gasteiger charge is 2.37. The van der Waals surface area contributed by atoms with Gasteiger partial charge in [-0.1, -0.05) is 0 Å². The molecule has 0 aromatic rings. The van der Waals surface area contributed by atoms with Crippen LogP contribution in [0.2, 0.25) is 0 Å². The molecular weight excluding hydrogens is 166 g/mol. The van der Waals surface area contributed by atoms with Gasteiger partial charge in [0.1, 0.15) is 6.10 Å². The van der Waals surface area contributed by atoms with Gasteiger partial charge in [-0.3, -0.25) is 4.79 Å². The first-order valence-corrected chi connectivity index (χ1v) is 4.05. The van der Waals surface area contributed by atoms with Crippen LogP contribution in [0.3, 0.4) is 0 Å². The molecule has 1 saturated carbocycles. The fourth-order valence-corrected chi connectivity index (χ4v) is 1.46. The number of esters is 1. The third-order valence-electron chi connectivity index (χ3n) is 1.93. The van der Waals surface area contributed by atoms with Gasteiger partial charge in [0.25, 0.3) is 5.92 Å². The Morgan fingerprint density at radius 1 is 1.58 bits per heavy atom. The van der Waals surface area contributed by atoms with Crippen molar-refractivity contribution in [1.29, 1.82) is 0 Å². The Kier molecular flexibility index (Phi) is 2.65. The van der Waals surface area contributed by atoms with Gasteiger partial charge in [0.2, 0.25) is 0 Å². The van der Waals surface area contributed by atoms with E-state index in [0.29, 0.717) is 12.8 Å². The number of hydrogen-bond acceptors (Lipinski definition) is 2. The molecular formula is C8H12F2O2. The van der Waals surface area contributed by atoms with Gasteiger partial charge < -0.3 is 4.74 Å². The number of rotatable bonds is 1. The van der Waals surface area contributed by atoms with Crippen LogP contribution >= 0.6 is 0 Å². The van der Waals surface area contributed by atoms with Crippen LogP contribution in [0.5, 0.6) is 0 Å². The average molecular weight is 178 g/mol. The highest BCUT2D eigenvalue weighted by atomic mass is 19.3. The molecule has 0 N–H and O–H groups in total. The maximum Gasteiger partial charge on any atom is 0.302 e. The van der Waals surface area contributed by atoms with E-state index in [4.69, 9.17) is 4.74 Å². The van der Waals surface area contributed by atoms with Crippen LogP contribution in [0.25, 0.3) is 0 Å². The molecule has 2 nitrogen and oxygen atoms in total. The van der Waals surface area contributed by atoms with Gasteiger partial charge >= 0.3 is 5.97 Å². The lowest BCUT2D eigenvalue weighted by Crippen LogP contribution is -2.32. The fraction of sp³-hybridized carbons (Fsp3) is 0.875. The van der Waals surface area contributed by atoms with Gasteiger partial charge in [-0.05, 0) is 12.8 Å². The predicted octanol–water partition coefficient (Wildman–Crippen LogP) is 2.13. The molecule has 1 rings (SSSR count). The Labute approximate surface area is 69.9 Å². The Hall–Kier alpha value is -0.670. The molecule has 1 unspecified atom stereocenters. The van der Waals surface area contributed by atoms with Crippen molar-refractivity contribution in [1.82, 2.24) is 0 Å². The van der Waals surface area contributed by atoms with E-state index in [1.165, 1.54) is 6.92 Å². The Morgan fingerprint density at radius 3 is 2.75 bits per heavy atom. The second-order valence-corrected chi connectivity index (χ2v) is 3.18. The molecule has 1 atom stereocenters. The summed E-state index contributed by atoms with van der Waals surface area (Å²) in [4.78, 5) is 10.5. The summed E-state index contributed by atoms with van der Waals surface area (Å²) in [6.45, 7) is 1.24. The number of ether oxygens (including phenoxy) is 1. The van der Waals surface area contributed by atoms with Crippen LogP contribution in [-0.4, -0.2) is 18.0 Å². The summed E-state index contributed by atoms with van der Waals surface area (Å²) >= 11 is 0. The molecule has 1 aliphatic rings. The van der Waals surface area contributed by atoms with Crippen molar-refractivity contribution in [3.8, 4) is 0 Å². The van der Waals surface area contributed by atoms with Crippen LogP contribution in [-0.2, 0) is 9.53 Å². The number of alkyl halides is 2. The van der Waals surface area contributed by atoms with Crippen LogP contribution in [0.15, 0.2) is 0 Å². The lowest BCUT2D eigenvalue weighted by atomic mass is 9.94.